The summed E-state index contributed by atoms with van der Waals surface area (Å²) in [6.45, 7) is 4.76. The van der Waals surface area contributed by atoms with E-state index in [1.54, 1.807) is 0 Å². The van der Waals surface area contributed by atoms with Gasteiger partial charge >= 0.3 is 5.97 Å². The lowest BCUT2D eigenvalue weighted by Crippen LogP contribution is -2.39. The van der Waals surface area contributed by atoms with E-state index in [1.165, 1.54) is 11.1 Å². The smallest absolute Gasteiger partial charge is 0.317 e. The predicted molar refractivity (Wildman–Crippen MR) is 78.8 cm³/mol. The Balaban J connectivity index is 1.95. The number of nitrogens with zero attached hydrogens (tertiary/aromatic N) is 1. The van der Waals surface area contributed by atoms with Gasteiger partial charge in [0.25, 0.3) is 0 Å². The summed E-state index contributed by atoms with van der Waals surface area (Å²) in [5.74, 6) is -0.709. The third-order valence-corrected chi connectivity index (χ3v) is 4.83. The SMILES string of the molecule is CC1(C)CCC(N(CC(=O)O)C2CC2)c2ccccc21. The highest BCUT2D eigenvalue weighted by atomic mass is 16.4. The summed E-state index contributed by atoms with van der Waals surface area (Å²) in [7, 11) is 0. The first-order valence-electron chi connectivity index (χ1n) is 7.56. The van der Waals surface area contributed by atoms with Crippen molar-refractivity contribution in [3.05, 3.63) is 35.4 Å². The van der Waals surface area contributed by atoms with Crippen LogP contribution in [0.2, 0.25) is 0 Å². The van der Waals surface area contributed by atoms with E-state index in [4.69, 9.17) is 0 Å². The van der Waals surface area contributed by atoms with Gasteiger partial charge in [-0.15, -0.1) is 0 Å². The monoisotopic (exact) mass is 273 g/mol. The van der Waals surface area contributed by atoms with E-state index >= 15 is 0 Å². The second-order valence-corrected chi connectivity index (χ2v) is 6.82. The zero-order chi connectivity index (χ0) is 14.3. The molecule has 20 heavy (non-hydrogen) atoms. The minimum atomic E-state index is -0.709. The first-order chi connectivity index (χ1) is 9.49. The van der Waals surface area contributed by atoms with Crippen molar-refractivity contribution in [3.8, 4) is 0 Å². The third kappa shape index (κ3) is 2.47. The van der Waals surface area contributed by atoms with Crippen LogP contribution >= 0.6 is 0 Å². The van der Waals surface area contributed by atoms with Gasteiger partial charge in [0, 0.05) is 12.1 Å². The molecular weight excluding hydrogens is 250 g/mol. The predicted octanol–water partition coefficient (Wildman–Crippen LogP) is 3.35. The standard InChI is InChI=1S/C17H23NO2/c1-17(2)10-9-15(13-5-3-4-6-14(13)17)18(11-16(19)20)12-7-8-12/h3-6,12,15H,7-11H2,1-2H3,(H,19,20). The number of carboxylic acids is 1. The lowest BCUT2D eigenvalue weighted by Gasteiger charge is -2.41. The molecular formula is C17H23NO2. The van der Waals surface area contributed by atoms with Crippen LogP contribution in [0.4, 0.5) is 0 Å². The fourth-order valence-corrected chi connectivity index (χ4v) is 3.59. The lowest BCUT2D eigenvalue weighted by atomic mass is 9.70. The van der Waals surface area contributed by atoms with Crippen molar-refractivity contribution in [2.45, 2.75) is 57.0 Å². The zero-order valence-corrected chi connectivity index (χ0v) is 12.3. The summed E-state index contributed by atoms with van der Waals surface area (Å²) in [6, 6.07) is 9.35. The number of carboxylic acid groups (broad SMARTS) is 1. The molecule has 0 aromatic heterocycles. The van der Waals surface area contributed by atoms with E-state index in [1.807, 2.05) is 0 Å². The van der Waals surface area contributed by atoms with Gasteiger partial charge in [-0.25, -0.2) is 0 Å². The van der Waals surface area contributed by atoms with E-state index in [2.05, 4.69) is 43.0 Å². The summed E-state index contributed by atoms with van der Waals surface area (Å²) in [5.41, 5.74) is 2.94. The Hall–Kier alpha value is -1.35. The summed E-state index contributed by atoms with van der Waals surface area (Å²) in [6.07, 6.45) is 4.48. The van der Waals surface area contributed by atoms with E-state index in [-0.39, 0.29) is 18.0 Å². The minimum absolute atomic E-state index is 0.171. The van der Waals surface area contributed by atoms with Crippen LogP contribution in [0.1, 0.15) is 56.7 Å². The molecule has 1 aromatic rings. The fourth-order valence-electron chi connectivity index (χ4n) is 3.59. The van der Waals surface area contributed by atoms with Gasteiger partial charge in [0.1, 0.15) is 0 Å². The van der Waals surface area contributed by atoms with Crippen LogP contribution in [-0.4, -0.2) is 28.6 Å². The Morgan fingerprint density at radius 1 is 1.30 bits per heavy atom. The molecule has 3 rings (SSSR count). The number of fused-ring (bicyclic) bond motifs is 1. The molecule has 3 heteroatoms. The fraction of sp³-hybridized carbons (Fsp3) is 0.588. The average Bonchev–Trinajstić information content (AvgIpc) is 3.21. The molecule has 3 nitrogen and oxygen atoms in total. The van der Waals surface area contributed by atoms with Crippen molar-refractivity contribution in [3.63, 3.8) is 0 Å². The van der Waals surface area contributed by atoms with Crippen molar-refractivity contribution in [1.29, 1.82) is 0 Å². The molecule has 2 aliphatic carbocycles. The molecule has 2 aliphatic rings. The van der Waals surface area contributed by atoms with Crippen LogP contribution in [-0.2, 0) is 10.2 Å². The second-order valence-electron chi connectivity index (χ2n) is 6.82. The van der Waals surface area contributed by atoms with Crippen molar-refractivity contribution >= 4 is 5.97 Å². The Morgan fingerprint density at radius 2 is 2.00 bits per heavy atom. The number of rotatable bonds is 4. The van der Waals surface area contributed by atoms with Gasteiger partial charge < -0.3 is 5.11 Å². The number of hydrogen-bond donors (Lipinski definition) is 1. The molecule has 1 fully saturated rings. The van der Waals surface area contributed by atoms with E-state index in [0.29, 0.717) is 6.04 Å². The molecule has 1 aromatic carbocycles. The lowest BCUT2D eigenvalue weighted by molar-refractivity contribution is -0.139. The number of carbonyl (C=O) groups is 1. The minimum Gasteiger partial charge on any atom is -0.480 e. The molecule has 108 valence electrons. The van der Waals surface area contributed by atoms with Gasteiger partial charge in [-0.05, 0) is 42.2 Å². The highest BCUT2D eigenvalue weighted by Gasteiger charge is 2.40. The Morgan fingerprint density at radius 3 is 2.65 bits per heavy atom. The molecule has 1 atom stereocenters. The van der Waals surface area contributed by atoms with Gasteiger partial charge in [0.05, 0.1) is 6.54 Å². The zero-order valence-electron chi connectivity index (χ0n) is 12.3. The molecule has 0 spiro atoms. The molecule has 0 saturated heterocycles. The number of aliphatic carboxylic acids is 1. The maximum atomic E-state index is 11.2. The molecule has 0 radical (unpaired) electrons. The van der Waals surface area contributed by atoms with E-state index in [0.717, 1.165) is 25.7 Å². The Bertz CT molecular complexity index is 519. The van der Waals surface area contributed by atoms with Crippen LogP contribution in [0.25, 0.3) is 0 Å². The van der Waals surface area contributed by atoms with Crippen LogP contribution in [0, 0.1) is 0 Å². The van der Waals surface area contributed by atoms with Crippen molar-refractivity contribution < 1.29 is 9.90 Å². The number of hydrogen-bond acceptors (Lipinski definition) is 2. The van der Waals surface area contributed by atoms with Gasteiger partial charge in [0.2, 0.25) is 0 Å². The quantitative estimate of drug-likeness (QED) is 0.914. The second kappa shape index (κ2) is 4.88. The molecule has 0 bridgehead atoms. The van der Waals surface area contributed by atoms with Crippen LogP contribution in [0.5, 0.6) is 0 Å². The Kier molecular flexibility index (Phi) is 3.33. The van der Waals surface area contributed by atoms with Crippen molar-refractivity contribution in [1.82, 2.24) is 4.90 Å². The van der Waals surface area contributed by atoms with Gasteiger partial charge in [-0.1, -0.05) is 38.1 Å². The van der Waals surface area contributed by atoms with Crippen LogP contribution in [0.15, 0.2) is 24.3 Å². The average molecular weight is 273 g/mol. The summed E-state index contributed by atoms with van der Waals surface area (Å²) < 4.78 is 0. The molecule has 0 heterocycles. The maximum absolute atomic E-state index is 11.2. The van der Waals surface area contributed by atoms with Gasteiger partial charge in [-0.3, -0.25) is 9.69 Å². The first kappa shape index (κ1) is 13.6. The summed E-state index contributed by atoms with van der Waals surface area (Å²) in [4.78, 5) is 13.4. The molecule has 0 aliphatic heterocycles. The van der Waals surface area contributed by atoms with Gasteiger partial charge in [-0.2, -0.15) is 0 Å². The number of benzene rings is 1. The topological polar surface area (TPSA) is 40.5 Å². The van der Waals surface area contributed by atoms with Crippen LogP contribution in [0.3, 0.4) is 0 Å². The maximum Gasteiger partial charge on any atom is 0.317 e. The molecule has 1 unspecified atom stereocenters. The first-order valence-corrected chi connectivity index (χ1v) is 7.56. The van der Waals surface area contributed by atoms with Gasteiger partial charge in [0.15, 0.2) is 0 Å². The van der Waals surface area contributed by atoms with E-state index in [9.17, 15) is 9.90 Å². The third-order valence-electron chi connectivity index (χ3n) is 4.83. The van der Waals surface area contributed by atoms with Crippen molar-refractivity contribution in [2.24, 2.45) is 0 Å². The van der Waals surface area contributed by atoms with Crippen LogP contribution < -0.4 is 0 Å². The Labute approximate surface area is 120 Å². The van der Waals surface area contributed by atoms with E-state index < -0.39 is 5.97 Å². The molecule has 0 amide bonds. The summed E-state index contributed by atoms with van der Waals surface area (Å²) >= 11 is 0. The molecule has 1 N–H and O–H groups in total. The summed E-state index contributed by atoms with van der Waals surface area (Å²) in [5, 5.41) is 9.20. The normalized spacial score (nSPS) is 24.4. The molecule has 1 saturated carbocycles. The highest BCUT2D eigenvalue weighted by Crippen LogP contribution is 2.46. The largest absolute Gasteiger partial charge is 0.480 e. The van der Waals surface area contributed by atoms with Crippen molar-refractivity contribution in [2.75, 3.05) is 6.54 Å². The highest BCUT2D eigenvalue weighted by molar-refractivity contribution is 5.69.